The molecule has 2 N–H and O–H groups in total. The first-order chi connectivity index (χ1) is 9.61. The highest BCUT2D eigenvalue weighted by Gasteiger charge is 2.13. The topological polar surface area (TPSA) is 71.1 Å². The van der Waals surface area contributed by atoms with Crippen molar-refractivity contribution in [3.05, 3.63) is 58.3 Å². The Morgan fingerprint density at radius 3 is 2.50 bits per heavy atom. The standard InChI is InChI=1S/C14H12BrN3O2/c1-16-13(19)9-5-2-3-6-10(9)18-14(20)11-7-4-8-12(15)17-11/h2-8H,1H3,(H,16,19)(H,18,20). The van der Waals surface area contributed by atoms with Gasteiger partial charge in [-0.3, -0.25) is 9.59 Å². The maximum atomic E-state index is 12.1. The first-order valence-corrected chi connectivity index (χ1v) is 6.66. The molecule has 1 heterocycles. The fourth-order valence-electron chi connectivity index (χ4n) is 1.65. The van der Waals surface area contributed by atoms with Gasteiger partial charge in [-0.05, 0) is 40.2 Å². The zero-order valence-electron chi connectivity index (χ0n) is 10.7. The molecular weight excluding hydrogens is 322 g/mol. The lowest BCUT2D eigenvalue weighted by Crippen LogP contribution is -2.21. The number of carbonyl (C=O) groups excluding carboxylic acids is 2. The van der Waals surface area contributed by atoms with Gasteiger partial charge in [0.25, 0.3) is 11.8 Å². The zero-order chi connectivity index (χ0) is 14.5. The normalized spacial score (nSPS) is 9.90. The first-order valence-electron chi connectivity index (χ1n) is 5.87. The molecule has 0 aliphatic carbocycles. The Kier molecular flexibility index (Phi) is 4.47. The molecule has 0 saturated carbocycles. The summed E-state index contributed by atoms with van der Waals surface area (Å²) in [5.41, 5.74) is 1.11. The van der Waals surface area contributed by atoms with Crippen LogP contribution in [0.5, 0.6) is 0 Å². The summed E-state index contributed by atoms with van der Waals surface area (Å²) in [4.78, 5) is 27.9. The van der Waals surface area contributed by atoms with Crippen LogP contribution in [-0.4, -0.2) is 23.8 Å². The summed E-state index contributed by atoms with van der Waals surface area (Å²) in [6.07, 6.45) is 0. The maximum Gasteiger partial charge on any atom is 0.274 e. The lowest BCUT2D eigenvalue weighted by molar-refractivity contribution is 0.0964. The second kappa shape index (κ2) is 6.29. The van der Waals surface area contributed by atoms with E-state index in [-0.39, 0.29) is 17.5 Å². The number of halogens is 1. The minimum Gasteiger partial charge on any atom is -0.355 e. The van der Waals surface area contributed by atoms with Crippen molar-refractivity contribution in [2.24, 2.45) is 0 Å². The lowest BCUT2D eigenvalue weighted by atomic mass is 10.1. The Morgan fingerprint density at radius 2 is 1.80 bits per heavy atom. The van der Waals surface area contributed by atoms with E-state index in [2.05, 4.69) is 31.5 Å². The van der Waals surface area contributed by atoms with Crippen LogP contribution in [0.4, 0.5) is 5.69 Å². The van der Waals surface area contributed by atoms with Gasteiger partial charge in [-0.2, -0.15) is 0 Å². The van der Waals surface area contributed by atoms with Gasteiger partial charge < -0.3 is 10.6 Å². The fraction of sp³-hybridized carbons (Fsp3) is 0.0714. The van der Waals surface area contributed by atoms with E-state index in [0.29, 0.717) is 15.9 Å². The number of amides is 2. The van der Waals surface area contributed by atoms with Gasteiger partial charge in [0.15, 0.2) is 0 Å². The predicted octanol–water partition coefficient (Wildman–Crippen LogP) is 2.46. The molecule has 0 bridgehead atoms. The van der Waals surface area contributed by atoms with Crippen LogP contribution in [0.25, 0.3) is 0 Å². The molecule has 6 heteroatoms. The largest absolute Gasteiger partial charge is 0.355 e. The van der Waals surface area contributed by atoms with Gasteiger partial charge in [0.05, 0.1) is 11.3 Å². The van der Waals surface area contributed by atoms with Crippen molar-refractivity contribution >= 4 is 33.4 Å². The fourth-order valence-corrected chi connectivity index (χ4v) is 1.99. The Bertz CT molecular complexity index is 658. The maximum absolute atomic E-state index is 12.1. The molecule has 1 aromatic heterocycles. The molecule has 0 unspecified atom stereocenters. The van der Waals surface area contributed by atoms with Gasteiger partial charge in [-0.1, -0.05) is 18.2 Å². The van der Waals surface area contributed by atoms with Gasteiger partial charge in [-0.15, -0.1) is 0 Å². The van der Waals surface area contributed by atoms with Crippen LogP contribution in [0.1, 0.15) is 20.8 Å². The molecule has 102 valence electrons. The number of benzene rings is 1. The van der Waals surface area contributed by atoms with Crippen molar-refractivity contribution in [2.45, 2.75) is 0 Å². The average molecular weight is 334 g/mol. The smallest absolute Gasteiger partial charge is 0.274 e. The minimum atomic E-state index is -0.373. The molecule has 2 aromatic rings. The van der Waals surface area contributed by atoms with Crippen LogP contribution in [0.15, 0.2) is 47.1 Å². The molecule has 5 nitrogen and oxygen atoms in total. The molecule has 0 aliphatic heterocycles. The summed E-state index contributed by atoms with van der Waals surface area (Å²) in [5, 5.41) is 5.22. The van der Waals surface area contributed by atoms with Crippen molar-refractivity contribution in [1.82, 2.24) is 10.3 Å². The van der Waals surface area contributed by atoms with E-state index in [4.69, 9.17) is 0 Å². The van der Waals surface area contributed by atoms with E-state index in [1.807, 2.05) is 0 Å². The SMILES string of the molecule is CNC(=O)c1ccccc1NC(=O)c1cccc(Br)n1. The van der Waals surface area contributed by atoms with Crippen molar-refractivity contribution in [2.75, 3.05) is 12.4 Å². The number of hydrogen-bond donors (Lipinski definition) is 2. The average Bonchev–Trinajstić information content (AvgIpc) is 2.47. The third kappa shape index (κ3) is 3.21. The van der Waals surface area contributed by atoms with Crippen LogP contribution in [0, 0.1) is 0 Å². The first kappa shape index (κ1) is 14.2. The quantitative estimate of drug-likeness (QED) is 0.847. The third-order valence-electron chi connectivity index (χ3n) is 2.59. The van der Waals surface area contributed by atoms with Crippen molar-refractivity contribution in [3.8, 4) is 0 Å². The molecule has 0 fully saturated rings. The second-order valence-electron chi connectivity index (χ2n) is 3.92. The lowest BCUT2D eigenvalue weighted by Gasteiger charge is -2.09. The van der Waals surface area contributed by atoms with Crippen LogP contribution in [0.2, 0.25) is 0 Å². The molecule has 0 radical (unpaired) electrons. The van der Waals surface area contributed by atoms with Gasteiger partial charge >= 0.3 is 0 Å². The number of para-hydroxylation sites is 1. The van der Waals surface area contributed by atoms with Gasteiger partial charge in [0.1, 0.15) is 10.3 Å². The third-order valence-corrected chi connectivity index (χ3v) is 3.04. The Labute approximate surface area is 124 Å². The zero-order valence-corrected chi connectivity index (χ0v) is 12.3. The van der Waals surface area contributed by atoms with Crippen molar-refractivity contribution < 1.29 is 9.59 Å². The van der Waals surface area contributed by atoms with Gasteiger partial charge in [-0.25, -0.2) is 4.98 Å². The van der Waals surface area contributed by atoms with Crippen LogP contribution in [-0.2, 0) is 0 Å². The predicted molar refractivity (Wildman–Crippen MR) is 79.7 cm³/mol. The summed E-state index contributed by atoms with van der Waals surface area (Å²) in [6, 6.07) is 11.8. The summed E-state index contributed by atoms with van der Waals surface area (Å²) in [6.45, 7) is 0. The molecule has 0 spiro atoms. The molecule has 2 amide bonds. The van der Waals surface area contributed by atoms with Crippen molar-refractivity contribution in [1.29, 1.82) is 0 Å². The minimum absolute atomic E-state index is 0.261. The highest BCUT2D eigenvalue weighted by Crippen LogP contribution is 2.16. The molecule has 2 rings (SSSR count). The molecule has 0 atom stereocenters. The Balaban J connectivity index is 2.26. The highest BCUT2D eigenvalue weighted by atomic mass is 79.9. The number of hydrogen-bond acceptors (Lipinski definition) is 3. The number of aromatic nitrogens is 1. The van der Waals surface area contributed by atoms with E-state index in [1.54, 1.807) is 42.5 Å². The number of carbonyl (C=O) groups is 2. The van der Waals surface area contributed by atoms with Crippen molar-refractivity contribution in [3.63, 3.8) is 0 Å². The number of pyridine rings is 1. The molecule has 0 saturated heterocycles. The number of anilines is 1. The van der Waals surface area contributed by atoms with E-state index in [0.717, 1.165) is 0 Å². The Hall–Kier alpha value is -2.21. The second-order valence-corrected chi connectivity index (χ2v) is 4.74. The van der Waals surface area contributed by atoms with Gasteiger partial charge in [0.2, 0.25) is 0 Å². The van der Waals surface area contributed by atoms with Crippen LogP contribution in [0.3, 0.4) is 0 Å². The highest BCUT2D eigenvalue weighted by molar-refractivity contribution is 9.10. The number of rotatable bonds is 3. The van der Waals surface area contributed by atoms with Gasteiger partial charge in [0, 0.05) is 7.05 Å². The van der Waals surface area contributed by atoms with E-state index in [9.17, 15) is 9.59 Å². The van der Waals surface area contributed by atoms with Crippen LogP contribution < -0.4 is 10.6 Å². The monoisotopic (exact) mass is 333 g/mol. The molecule has 0 aliphatic rings. The molecule has 1 aromatic carbocycles. The summed E-state index contributed by atoms with van der Waals surface area (Å²) in [7, 11) is 1.54. The molecule has 20 heavy (non-hydrogen) atoms. The summed E-state index contributed by atoms with van der Waals surface area (Å²) in [5.74, 6) is -0.634. The summed E-state index contributed by atoms with van der Waals surface area (Å²) < 4.78 is 0.574. The Morgan fingerprint density at radius 1 is 1.05 bits per heavy atom. The van der Waals surface area contributed by atoms with E-state index < -0.39 is 0 Å². The van der Waals surface area contributed by atoms with Crippen LogP contribution >= 0.6 is 15.9 Å². The van der Waals surface area contributed by atoms with E-state index >= 15 is 0 Å². The number of nitrogens with one attached hydrogen (secondary N) is 2. The molecular formula is C14H12BrN3O2. The van der Waals surface area contributed by atoms with E-state index in [1.165, 1.54) is 7.05 Å². The summed E-state index contributed by atoms with van der Waals surface area (Å²) >= 11 is 3.21. The number of nitrogens with zero attached hydrogens (tertiary/aromatic N) is 1.